The highest BCUT2D eigenvalue weighted by molar-refractivity contribution is 7.12. The summed E-state index contributed by atoms with van der Waals surface area (Å²) in [6, 6.07) is 4.65. The van der Waals surface area contributed by atoms with E-state index in [4.69, 9.17) is 0 Å². The van der Waals surface area contributed by atoms with Crippen molar-refractivity contribution in [3.63, 3.8) is 0 Å². The Morgan fingerprint density at radius 2 is 2.25 bits per heavy atom. The fourth-order valence-electron chi connectivity index (χ4n) is 3.14. The summed E-state index contributed by atoms with van der Waals surface area (Å²) in [7, 11) is 0. The smallest absolute Gasteiger partial charge is 0.244 e. The third-order valence-corrected chi connectivity index (χ3v) is 5.62. The molecule has 3 rings (SSSR count). The van der Waals surface area contributed by atoms with Crippen molar-refractivity contribution < 1.29 is 4.79 Å². The van der Waals surface area contributed by atoms with Crippen LogP contribution in [0.25, 0.3) is 0 Å². The summed E-state index contributed by atoms with van der Waals surface area (Å²) >= 11 is 1.80. The molecule has 1 aliphatic heterocycles. The number of carbonyl (C=O) groups excluding carboxylic acids is 1. The van der Waals surface area contributed by atoms with Crippen LogP contribution < -0.4 is 5.32 Å². The van der Waals surface area contributed by atoms with Gasteiger partial charge in [0.2, 0.25) is 5.91 Å². The van der Waals surface area contributed by atoms with E-state index < -0.39 is 0 Å². The number of rotatable bonds is 5. The van der Waals surface area contributed by atoms with E-state index in [-0.39, 0.29) is 11.7 Å². The van der Waals surface area contributed by atoms with Crippen LogP contribution in [-0.4, -0.2) is 22.4 Å². The van der Waals surface area contributed by atoms with Gasteiger partial charge in [-0.05, 0) is 45.2 Å². The van der Waals surface area contributed by atoms with Gasteiger partial charge >= 0.3 is 0 Å². The second kappa shape index (κ2) is 5.15. The highest BCUT2D eigenvalue weighted by Gasteiger charge is 2.60. The first-order chi connectivity index (χ1) is 9.57. The van der Waals surface area contributed by atoms with Gasteiger partial charge in [-0.3, -0.25) is 10.1 Å². The molecular weight excluding hydrogens is 268 g/mol. The average Bonchev–Trinajstić information content (AvgIpc) is 2.99. The number of amides is 1. The van der Waals surface area contributed by atoms with Gasteiger partial charge in [0.1, 0.15) is 11.7 Å². The molecule has 1 aliphatic carbocycles. The van der Waals surface area contributed by atoms with Crippen molar-refractivity contribution in [2.45, 2.75) is 70.6 Å². The number of hydrogen-bond donors (Lipinski definition) is 1. The molecule has 4 heteroatoms. The van der Waals surface area contributed by atoms with Crippen molar-refractivity contribution in [3.8, 4) is 0 Å². The van der Waals surface area contributed by atoms with Crippen LogP contribution in [0.4, 0.5) is 0 Å². The summed E-state index contributed by atoms with van der Waals surface area (Å²) < 4.78 is 0. The Bertz CT molecular complexity index is 506. The zero-order valence-corrected chi connectivity index (χ0v) is 13.4. The summed E-state index contributed by atoms with van der Waals surface area (Å²) in [5.41, 5.74) is -0.219. The number of unbranched alkanes of at least 4 members (excludes halogenated alkanes) is 1. The Balaban J connectivity index is 1.84. The van der Waals surface area contributed by atoms with Crippen LogP contribution in [0.5, 0.6) is 0 Å². The maximum absolute atomic E-state index is 12.8. The highest BCUT2D eigenvalue weighted by atomic mass is 32.1. The molecule has 0 radical (unpaired) electrons. The predicted octanol–water partition coefficient (Wildman–Crippen LogP) is 3.60. The molecule has 110 valence electrons. The van der Waals surface area contributed by atoms with E-state index in [0.717, 1.165) is 19.3 Å². The van der Waals surface area contributed by atoms with E-state index in [9.17, 15) is 4.79 Å². The first-order valence-corrected chi connectivity index (χ1v) is 8.56. The fourth-order valence-corrected chi connectivity index (χ4v) is 4.07. The monoisotopic (exact) mass is 292 g/mol. The third kappa shape index (κ3) is 2.29. The quantitative estimate of drug-likeness (QED) is 0.899. The molecule has 3 nitrogen and oxygen atoms in total. The molecule has 0 bridgehead atoms. The Morgan fingerprint density at radius 1 is 1.50 bits per heavy atom. The molecule has 1 aromatic heterocycles. The summed E-state index contributed by atoms with van der Waals surface area (Å²) in [6.07, 6.45) is 5.58. The Morgan fingerprint density at radius 3 is 2.80 bits per heavy atom. The van der Waals surface area contributed by atoms with Gasteiger partial charge in [-0.2, -0.15) is 0 Å². The van der Waals surface area contributed by atoms with Crippen LogP contribution in [0.2, 0.25) is 0 Å². The van der Waals surface area contributed by atoms with Crippen LogP contribution in [0.15, 0.2) is 12.1 Å². The normalized spacial score (nSPS) is 25.4. The van der Waals surface area contributed by atoms with E-state index in [1.54, 1.807) is 11.3 Å². The minimum Gasteiger partial charge on any atom is -0.318 e. The number of carbonyl (C=O) groups is 1. The molecule has 2 unspecified atom stereocenters. The van der Waals surface area contributed by atoms with Crippen LogP contribution in [0, 0.1) is 6.92 Å². The molecule has 2 fully saturated rings. The molecule has 2 atom stereocenters. The lowest BCUT2D eigenvalue weighted by Crippen LogP contribution is -2.38. The van der Waals surface area contributed by atoms with Gasteiger partial charge in [0.05, 0.1) is 0 Å². The third-order valence-electron chi connectivity index (χ3n) is 4.57. The average molecular weight is 292 g/mol. The lowest BCUT2D eigenvalue weighted by molar-refractivity contribution is -0.132. The predicted molar refractivity (Wildman–Crippen MR) is 82.7 cm³/mol. The molecule has 1 saturated heterocycles. The maximum atomic E-state index is 12.8. The van der Waals surface area contributed by atoms with E-state index in [0.29, 0.717) is 11.9 Å². The number of nitrogens with zero attached hydrogens (tertiary/aromatic N) is 1. The number of aryl methyl sites for hydroxylation is 1. The van der Waals surface area contributed by atoms with E-state index in [2.05, 4.69) is 43.1 Å². The van der Waals surface area contributed by atoms with Crippen LogP contribution >= 0.6 is 11.3 Å². The summed E-state index contributed by atoms with van der Waals surface area (Å²) in [4.78, 5) is 17.5. The van der Waals surface area contributed by atoms with Crippen LogP contribution in [-0.2, 0) is 4.79 Å². The second-order valence-corrected chi connectivity index (χ2v) is 7.60. The molecule has 20 heavy (non-hydrogen) atoms. The van der Waals surface area contributed by atoms with Crippen molar-refractivity contribution in [1.82, 2.24) is 10.2 Å². The van der Waals surface area contributed by atoms with Gasteiger partial charge in [0, 0.05) is 15.8 Å². The van der Waals surface area contributed by atoms with Crippen LogP contribution in [0.3, 0.4) is 0 Å². The molecule has 2 heterocycles. The summed E-state index contributed by atoms with van der Waals surface area (Å²) in [6.45, 7) is 6.53. The molecule has 1 aromatic rings. The first kappa shape index (κ1) is 14.1. The van der Waals surface area contributed by atoms with Crippen molar-refractivity contribution in [3.05, 3.63) is 21.9 Å². The van der Waals surface area contributed by atoms with Crippen molar-refractivity contribution in [2.24, 2.45) is 0 Å². The molecule has 1 amide bonds. The zero-order chi connectivity index (χ0) is 14.3. The van der Waals surface area contributed by atoms with Gasteiger partial charge in [0.25, 0.3) is 0 Å². The fraction of sp³-hybridized carbons (Fsp3) is 0.688. The van der Waals surface area contributed by atoms with Crippen molar-refractivity contribution >= 4 is 17.2 Å². The lowest BCUT2D eigenvalue weighted by Gasteiger charge is -2.30. The molecule has 1 spiro atoms. The Kier molecular flexibility index (Phi) is 3.63. The molecule has 0 aromatic carbocycles. The van der Waals surface area contributed by atoms with Crippen molar-refractivity contribution in [1.29, 1.82) is 0 Å². The van der Waals surface area contributed by atoms with Gasteiger partial charge < -0.3 is 4.90 Å². The zero-order valence-electron chi connectivity index (χ0n) is 12.6. The SMILES string of the molecule is CCCCC(C)N1C(=O)C2(CC2)NC1c1ccc(C)s1. The topological polar surface area (TPSA) is 32.3 Å². The Hall–Kier alpha value is -0.870. The standard InChI is InChI=1S/C16H24N2OS/c1-4-5-6-11(2)18-14(13-8-7-12(3)20-13)17-16(9-10-16)15(18)19/h7-8,11,14,17H,4-6,9-10H2,1-3H3. The molecule has 1 N–H and O–H groups in total. The summed E-state index contributed by atoms with van der Waals surface area (Å²) in [5, 5.41) is 3.61. The number of thiophene rings is 1. The van der Waals surface area contributed by atoms with E-state index in [1.165, 1.54) is 22.6 Å². The highest BCUT2D eigenvalue weighted by Crippen LogP contribution is 2.47. The van der Waals surface area contributed by atoms with E-state index >= 15 is 0 Å². The lowest BCUT2D eigenvalue weighted by atomic mass is 10.1. The molecule has 2 aliphatic rings. The molecular formula is C16H24N2OS. The number of hydrogen-bond acceptors (Lipinski definition) is 3. The van der Waals surface area contributed by atoms with E-state index in [1.807, 2.05) is 0 Å². The maximum Gasteiger partial charge on any atom is 0.244 e. The van der Waals surface area contributed by atoms with Crippen LogP contribution in [0.1, 0.15) is 61.9 Å². The molecule has 1 saturated carbocycles. The minimum atomic E-state index is -0.219. The van der Waals surface area contributed by atoms with Gasteiger partial charge in [-0.15, -0.1) is 11.3 Å². The Labute approximate surface area is 125 Å². The second-order valence-electron chi connectivity index (χ2n) is 6.28. The number of nitrogens with one attached hydrogen (secondary N) is 1. The van der Waals surface area contributed by atoms with Crippen molar-refractivity contribution in [2.75, 3.05) is 0 Å². The van der Waals surface area contributed by atoms with Gasteiger partial charge in [0.15, 0.2) is 0 Å². The van der Waals surface area contributed by atoms with Gasteiger partial charge in [-0.1, -0.05) is 19.8 Å². The minimum absolute atomic E-state index is 0.0931. The summed E-state index contributed by atoms with van der Waals surface area (Å²) in [5.74, 6) is 0.331. The first-order valence-electron chi connectivity index (χ1n) is 7.74. The largest absolute Gasteiger partial charge is 0.318 e. The van der Waals surface area contributed by atoms with Gasteiger partial charge in [-0.25, -0.2) is 0 Å².